The Morgan fingerprint density at radius 1 is 1.27 bits per heavy atom. The van der Waals surface area contributed by atoms with Crippen molar-refractivity contribution in [3.8, 4) is 6.07 Å². The summed E-state index contributed by atoms with van der Waals surface area (Å²) in [6, 6.07) is 1.85. The Morgan fingerprint density at radius 2 is 1.80 bits per heavy atom. The van der Waals surface area contributed by atoms with Crippen LogP contribution in [0, 0.1) is 28.8 Å². The van der Waals surface area contributed by atoms with Gasteiger partial charge in [0.2, 0.25) is 0 Å². The van der Waals surface area contributed by atoms with E-state index in [2.05, 4.69) is 0 Å². The summed E-state index contributed by atoms with van der Waals surface area (Å²) in [5, 5.41) is 16.9. The summed E-state index contributed by atoms with van der Waals surface area (Å²) in [6.45, 7) is 0. The first-order valence-electron chi connectivity index (χ1n) is 3.74. The van der Waals surface area contributed by atoms with Gasteiger partial charge in [-0.15, -0.1) is 0 Å². The number of carbonyl (C=O) groups is 1. The van der Waals surface area contributed by atoms with Crippen molar-refractivity contribution in [1.82, 2.24) is 0 Å². The summed E-state index contributed by atoms with van der Waals surface area (Å²) in [6.07, 6.45) is 0. The Balaban J connectivity index is 3.32. The molecule has 0 radical (unpaired) electrons. The van der Waals surface area contributed by atoms with Crippen LogP contribution in [0.5, 0.6) is 0 Å². The molecule has 0 spiro atoms. The van der Waals surface area contributed by atoms with Crippen LogP contribution >= 0.6 is 0 Å². The molecule has 0 aliphatic carbocycles. The summed E-state index contributed by atoms with van der Waals surface area (Å²) in [5.74, 6) is -7.56. The monoisotopic (exact) mass is 215 g/mol. The predicted molar refractivity (Wildman–Crippen MR) is 42.3 cm³/mol. The second kappa shape index (κ2) is 4.00. The highest BCUT2D eigenvalue weighted by atomic mass is 19.2. The van der Waals surface area contributed by atoms with Crippen LogP contribution in [0.1, 0.15) is 11.5 Å². The maximum atomic E-state index is 13.0. The molecule has 0 fully saturated rings. The molecule has 0 aromatic heterocycles. The van der Waals surface area contributed by atoms with Crippen LogP contribution in [0.15, 0.2) is 12.1 Å². The van der Waals surface area contributed by atoms with E-state index in [1.54, 1.807) is 0 Å². The number of nitrogens with zero attached hydrogens (tertiary/aromatic N) is 1. The molecule has 0 saturated carbocycles. The number of nitriles is 1. The van der Waals surface area contributed by atoms with Crippen molar-refractivity contribution in [2.45, 2.75) is 5.92 Å². The van der Waals surface area contributed by atoms with Crippen molar-refractivity contribution in [3.05, 3.63) is 35.1 Å². The molecular formula is C9H4F3NO2. The quantitative estimate of drug-likeness (QED) is 0.765. The molecule has 3 nitrogen and oxygen atoms in total. The summed E-state index contributed by atoms with van der Waals surface area (Å²) >= 11 is 0. The SMILES string of the molecule is N#CC(C(=O)O)c1cc(F)c(F)cc1F. The predicted octanol–water partition coefficient (Wildman–Crippen LogP) is 1.80. The minimum absolute atomic E-state index is 0.206. The Bertz CT molecular complexity index is 453. The van der Waals surface area contributed by atoms with Crippen LogP contribution in [0.4, 0.5) is 13.2 Å². The van der Waals surface area contributed by atoms with Gasteiger partial charge in [-0.3, -0.25) is 4.79 Å². The van der Waals surface area contributed by atoms with E-state index in [4.69, 9.17) is 10.4 Å². The zero-order valence-corrected chi connectivity index (χ0v) is 7.17. The van der Waals surface area contributed by atoms with Crippen LogP contribution in [0.2, 0.25) is 0 Å². The number of hydrogen-bond acceptors (Lipinski definition) is 2. The van der Waals surface area contributed by atoms with Gasteiger partial charge in [-0.05, 0) is 6.07 Å². The van der Waals surface area contributed by atoms with Crippen molar-refractivity contribution in [1.29, 1.82) is 5.26 Å². The molecular weight excluding hydrogens is 211 g/mol. The minimum atomic E-state index is -1.85. The van der Waals surface area contributed by atoms with Gasteiger partial charge >= 0.3 is 5.97 Å². The average molecular weight is 215 g/mol. The molecule has 1 unspecified atom stereocenters. The maximum absolute atomic E-state index is 13.0. The normalized spacial score (nSPS) is 11.9. The van der Waals surface area contributed by atoms with E-state index in [0.29, 0.717) is 6.07 Å². The standard InChI is InChI=1S/C9H4F3NO2/c10-6-2-8(12)7(11)1-4(6)5(3-13)9(14)15/h1-2,5H,(H,14,15). The van der Waals surface area contributed by atoms with Gasteiger partial charge in [0.25, 0.3) is 0 Å². The van der Waals surface area contributed by atoms with Crippen molar-refractivity contribution in [2.24, 2.45) is 0 Å². The molecule has 1 rings (SSSR count). The molecule has 1 aromatic carbocycles. The maximum Gasteiger partial charge on any atom is 0.325 e. The smallest absolute Gasteiger partial charge is 0.325 e. The molecule has 0 amide bonds. The molecule has 0 aliphatic rings. The lowest BCUT2D eigenvalue weighted by atomic mass is 10.00. The fourth-order valence-electron chi connectivity index (χ4n) is 1.02. The van der Waals surface area contributed by atoms with E-state index in [0.717, 1.165) is 0 Å². The first-order valence-corrected chi connectivity index (χ1v) is 3.74. The van der Waals surface area contributed by atoms with E-state index in [-0.39, 0.29) is 6.07 Å². The number of carboxylic acid groups (broad SMARTS) is 1. The van der Waals surface area contributed by atoms with E-state index in [1.165, 1.54) is 6.07 Å². The van der Waals surface area contributed by atoms with Crippen LogP contribution in [-0.4, -0.2) is 11.1 Å². The Morgan fingerprint density at radius 3 is 2.27 bits per heavy atom. The highest BCUT2D eigenvalue weighted by Crippen LogP contribution is 2.21. The highest BCUT2D eigenvalue weighted by molar-refractivity contribution is 5.79. The number of benzene rings is 1. The van der Waals surface area contributed by atoms with Gasteiger partial charge in [-0.25, -0.2) is 13.2 Å². The van der Waals surface area contributed by atoms with Gasteiger partial charge in [-0.1, -0.05) is 0 Å². The lowest BCUT2D eigenvalue weighted by Crippen LogP contribution is -2.12. The first kappa shape index (κ1) is 11.0. The minimum Gasteiger partial charge on any atom is -0.480 e. The van der Waals surface area contributed by atoms with Crippen LogP contribution < -0.4 is 0 Å². The Labute approximate surface area is 82.4 Å². The third-order valence-electron chi connectivity index (χ3n) is 1.73. The van der Waals surface area contributed by atoms with Crippen LogP contribution in [-0.2, 0) is 4.79 Å². The van der Waals surface area contributed by atoms with Crippen molar-refractivity contribution in [2.75, 3.05) is 0 Å². The lowest BCUT2D eigenvalue weighted by molar-refractivity contribution is -0.137. The molecule has 1 N–H and O–H groups in total. The van der Waals surface area contributed by atoms with Crippen LogP contribution in [0.25, 0.3) is 0 Å². The fraction of sp³-hybridized carbons (Fsp3) is 0.111. The van der Waals surface area contributed by atoms with Gasteiger partial charge in [-0.2, -0.15) is 5.26 Å². The molecule has 0 heterocycles. The number of hydrogen-bond donors (Lipinski definition) is 1. The lowest BCUT2D eigenvalue weighted by Gasteiger charge is -2.05. The topological polar surface area (TPSA) is 61.1 Å². The van der Waals surface area contributed by atoms with E-state index in [1.807, 2.05) is 0 Å². The van der Waals surface area contributed by atoms with Gasteiger partial charge < -0.3 is 5.11 Å². The van der Waals surface area contributed by atoms with Gasteiger partial charge in [0.1, 0.15) is 5.82 Å². The molecule has 6 heteroatoms. The molecule has 15 heavy (non-hydrogen) atoms. The van der Waals surface area contributed by atoms with E-state index >= 15 is 0 Å². The summed E-state index contributed by atoms with van der Waals surface area (Å²) in [5.41, 5.74) is -0.691. The van der Waals surface area contributed by atoms with E-state index < -0.39 is 34.9 Å². The number of rotatable bonds is 2. The summed E-state index contributed by atoms with van der Waals surface area (Å²) in [7, 11) is 0. The Hall–Kier alpha value is -2.03. The van der Waals surface area contributed by atoms with Gasteiger partial charge in [0.05, 0.1) is 6.07 Å². The van der Waals surface area contributed by atoms with Crippen molar-refractivity contribution < 1.29 is 23.1 Å². The zero-order chi connectivity index (χ0) is 11.6. The van der Waals surface area contributed by atoms with Gasteiger partial charge in [0.15, 0.2) is 17.6 Å². The fourth-order valence-corrected chi connectivity index (χ4v) is 1.02. The summed E-state index contributed by atoms with van der Waals surface area (Å²) in [4.78, 5) is 10.5. The van der Waals surface area contributed by atoms with Crippen molar-refractivity contribution >= 4 is 5.97 Å². The highest BCUT2D eigenvalue weighted by Gasteiger charge is 2.24. The summed E-state index contributed by atoms with van der Waals surface area (Å²) < 4.78 is 38.2. The second-order valence-corrected chi connectivity index (χ2v) is 2.69. The molecule has 1 atom stereocenters. The zero-order valence-electron chi connectivity index (χ0n) is 7.17. The average Bonchev–Trinajstić information content (AvgIpc) is 2.14. The second-order valence-electron chi connectivity index (χ2n) is 2.69. The third-order valence-corrected chi connectivity index (χ3v) is 1.73. The molecule has 0 bridgehead atoms. The molecule has 1 aromatic rings. The first-order chi connectivity index (χ1) is 6.97. The number of carboxylic acids is 1. The largest absolute Gasteiger partial charge is 0.480 e. The van der Waals surface area contributed by atoms with Gasteiger partial charge in [0, 0.05) is 11.6 Å². The molecule has 78 valence electrons. The number of aliphatic carboxylic acids is 1. The molecule has 0 aliphatic heterocycles. The Kier molecular flexibility index (Phi) is 2.95. The van der Waals surface area contributed by atoms with E-state index in [9.17, 15) is 18.0 Å². The van der Waals surface area contributed by atoms with Crippen molar-refractivity contribution in [3.63, 3.8) is 0 Å². The third kappa shape index (κ3) is 2.07. The molecule has 0 saturated heterocycles. The van der Waals surface area contributed by atoms with Crippen LogP contribution in [0.3, 0.4) is 0 Å². The number of halogens is 3.